The lowest BCUT2D eigenvalue weighted by molar-refractivity contribution is 0.0718. The number of carbonyl (C=O) groups is 1. The molecule has 2 aromatic heterocycles. The Morgan fingerprint density at radius 2 is 2.11 bits per heavy atom. The van der Waals surface area contributed by atoms with Gasteiger partial charge in [0, 0.05) is 18.0 Å². The van der Waals surface area contributed by atoms with Crippen LogP contribution in [-0.4, -0.2) is 23.9 Å². The Bertz CT molecular complexity index is 550. The van der Waals surface area contributed by atoms with Gasteiger partial charge in [-0.3, -0.25) is 4.79 Å². The number of hydrogen-bond acceptors (Lipinski definition) is 3. The van der Waals surface area contributed by atoms with Gasteiger partial charge in [0.25, 0.3) is 5.91 Å². The molecule has 1 fully saturated rings. The minimum Gasteiger partial charge on any atom is -0.338 e. The van der Waals surface area contributed by atoms with E-state index >= 15 is 0 Å². The van der Waals surface area contributed by atoms with Crippen molar-refractivity contribution in [1.29, 1.82) is 0 Å². The molecule has 2 nitrogen and oxygen atoms in total. The van der Waals surface area contributed by atoms with Crippen LogP contribution < -0.4 is 0 Å². The normalized spacial score (nSPS) is 16.8. The molecule has 0 bridgehead atoms. The minimum atomic E-state index is 0.211. The van der Waals surface area contributed by atoms with Crippen molar-refractivity contribution >= 4 is 28.6 Å². The minimum absolute atomic E-state index is 0.211. The van der Waals surface area contributed by atoms with Crippen LogP contribution in [0.3, 0.4) is 0 Å². The van der Waals surface area contributed by atoms with Crippen LogP contribution in [0, 0.1) is 6.92 Å². The maximum atomic E-state index is 12.3. The molecule has 3 rings (SSSR count). The van der Waals surface area contributed by atoms with Crippen LogP contribution in [0.15, 0.2) is 29.0 Å². The molecule has 1 amide bonds. The van der Waals surface area contributed by atoms with Gasteiger partial charge >= 0.3 is 0 Å². The van der Waals surface area contributed by atoms with E-state index in [0.717, 1.165) is 30.8 Å². The molecule has 1 saturated heterocycles. The van der Waals surface area contributed by atoms with E-state index in [1.165, 1.54) is 10.4 Å². The number of likely N-dealkylation sites (tertiary alicyclic amines) is 1. The topological polar surface area (TPSA) is 20.3 Å². The van der Waals surface area contributed by atoms with Gasteiger partial charge in [-0.25, -0.2) is 0 Å². The van der Waals surface area contributed by atoms with E-state index in [2.05, 4.69) is 17.5 Å². The summed E-state index contributed by atoms with van der Waals surface area (Å²) in [7, 11) is 0. The van der Waals surface area contributed by atoms with Crippen molar-refractivity contribution < 1.29 is 4.79 Å². The summed E-state index contributed by atoms with van der Waals surface area (Å²) in [4.78, 5) is 16.7. The molecule has 0 unspecified atom stereocenters. The lowest BCUT2D eigenvalue weighted by Crippen LogP contribution is -2.37. The molecular formula is C15H17NOS2. The number of amides is 1. The first-order valence-electron chi connectivity index (χ1n) is 6.62. The summed E-state index contributed by atoms with van der Waals surface area (Å²) in [6.45, 7) is 3.81. The Kier molecular flexibility index (Phi) is 3.71. The Balaban J connectivity index is 1.62. The van der Waals surface area contributed by atoms with Crippen molar-refractivity contribution in [3.05, 3.63) is 44.3 Å². The Labute approximate surface area is 121 Å². The van der Waals surface area contributed by atoms with Gasteiger partial charge in [0.1, 0.15) is 0 Å². The van der Waals surface area contributed by atoms with Gasteiger partial charge < -0.3 is 4.90 Å². The summed E-state index contributed by atoms with van der Waals surface area (Å²) < 4.78 is 0. The summed E-state index contributed by atoms with van der Waals surface area (Å²) in [6, 6.07) is 6.33. The highest BCUT2D eigenvalue weighted by Gasteiger charge is 2.25. The number of rotatable bonds is 2. The Morgan fingerprint density at radius 1 is 1.32 bits per heavy atom. The van der Waals surface area contributed by atoms with Gasteiger partial charge in [0.15, 0.2) is 0 Å². The second kappa shape index (κ2) is 5.47. The summed E-state index contributed by atoms with van der Waals surface area (Å²) in [6.07, 6.45) is 2.19. The van der Waals surface area contributed by atoms with Crippen LogP contribution in [0.1, 0.15) is 38.9 Å². The maximum absolute atomic E-state index is 12.3. The second-order valence-electron chi connectivity index (χ2n) is 5.07. The molecule has 2 aromatic rings. The van der Waals surface area contributed by atoms with Crippen molar-refractivity contribution in [1.82, 2.24) is 4.90 Å². The highest BCUT2D eigenvalue weighted by molar-refractivity contribution is 7.12. The number of carbonyl (C=O) groups excluding carboxylic acids is 1. The molecule has 100 valence electrons. The van der Waals surface area contributed by atoms with Crippen LogP contribution in [0.5, 0.6) is 0 Å². The average molecular weight is 291 g/mol. The van der Waals surface area contributed by atoms with Crippen molar-refractivity contribution in [3.8, 4) is 0 Å². The zero-order chi connectivity index (χ0) is 13.2. The summed E-state index contributed by atoms with van der Waals surface area (Å²) >= 11 is 3.40. The van der Waals surface area contributed by atoms with Gasteiger partial charge in [-0.15, -0.1) is 22.7 Å². The molecule has 1 aliphatic heterocycles. The van der Waals surface area contributed by atoms with Crippen molar-refractivity contribution in [3.63, 3.8) is 0 Å². The molecule has 4 heteroatoms. The fraction of sp³-hybridized carbons (Fsp3) is 0.400. The smallest absolute Gasteiger partial charge is 0.263 e. The van der Waals surface area contributed by atoms with Gasteiger partial charge in [0.05, 0.1) is 4.88 Å². The third-order valence-electron chi connectivity index (χ3n) is 3.67. The average Bonchev–Trinajstić information content (AvgIpc) is 3.09. The fourth-order valence-corrected chi connectivity index (χ4v) is 4.35. The van der Waals surface area contributed by atoms with E-state index in [0.29, 0.717) is 5.92 Å². The molecule has 0 radical (unpaired) electrons. The number of nitrogens with zero attached hydrogens (tertiary/aromatic N) is 1. The molecule has 0 atom stereocenters. The quantitative estimate of drug-likeness (QED) is 0.814. The van der Waals surface area contributed by atoms with Crippen molar-refractivity contribution in [2.75, 3.05) is 13.1 Å². The molecule has 19 heavy (non-hydrogen) atoms. The van der Waals surface area contributed by atoms with E-state index < -0.39 is 0 Å². The zero-order valence-corrected chi connectivity index (χ0v) is 12.6. The molecule has 0 spiro atoms. The van der Waals surface area contributed by atoms with E-state index in [1.54, 1.807) is 11.3 Å². The third kappa shape index (κ3) is 2.74. The van der Waals surface area contributed by atoms with E-state index in [-0.39, 0.29) is 5.91 Å². The predicted octanol–water partition coefficient (Wildman–Crippen LogP) is 4.14. The van der Waals surface area contributed by atoms with Crippen LogP contribution in [0.4, 0.5) is 0 Å². The van der Waals surface area contributed by atoms with Crippen molar-refractivity contribution in [2.24, 2.45) is 0 Å². The monoisotopic (exact) mass is 291 g/mol. The van der Waals surface area contributed by atoms with Crippen LogP contribution >= 0.6 is 22.7 Å². The largest absolute Gasteiger partial charge is 0.338 e. The van der Waals surface area contributed by atoms with Crippen LogP contribution in [0.25, 0.3) is 0 Å². The zero-order valence-electron chi connectivity index (χ0n) is 11.0. The highest BCUT2D eigenvalue weighted by Crippen LogP contribution is 2.31. The summed E-state index contributed by atoms with van der Waals surface area (Å²) in [5, 5.41) is 4.19. The number of thiophene rings is 2. The summed E-state index contributed by atoms with van der Waals surface area (Å²) in [5.41, 5.74) is 1.18. The number of hydrogen-bond donors (Lipinski definition) is 0. The molecule has 0 aliphatic carbocycles. The van der Waals surface area contributed by atoms with Crippen LogP contribution in [0.2, 0.25) is 0 Å². The first kappa shape index (κ1) is 12.9. The Hall–Kier alpha value is -1.13. The predicted molar refractivity (Wildman–Crippen MR) is 81.3 cm³/mol. The lowest BCUT2D eigenvalue weighted by atomic mass is 9.95. The van der Waals surface area contributed by atoms with Crippen molar-refractivity contribution in [2.45, 2.75) is 25.7 Å². The standard InChI is InChI=1S/C15H17NOS2/c1-11-9-14(19-10-11)15(17)16-6-4-12(5-7-16)13-3-2-8-18-13/h2-3,8-10,12H,4-7H2,1H3. The molecule has 0 N–H and O–H groups in total. The molecule has 3 heterocycles. The van der Waals surface area contributed by atoms with E-state index in [9.17, 15) is 4.79 Å². The maximum Gasteiger partial charge on any atom is 0.263 e. The van der Waals surface area contributed by atoms with Gasteiger partial charge in [-0.1, -0.05) is 6.07 Å². The number of aryl methyl sites for hydroxylation is 1. The highest BCUT2D eigenvalue weighted by atomic mass is 32.1. The molecule has 1 aliphatic rings. The molecule has 0 saturated carbocycles. The van der Waals surface area contributed by atoms with E-state index in [1.807, 2.05) is 34.6 Å². The van der Waals surface area contributed by atoms with Gasteiger partial charge in [0.2, 0.25) is 0 Å². The third-order valence-corrected chi connectivity index (χ3v) is 5.74. The van der Waals surface area contributed by atoms with Crippen LogP contribution in [-0.2, 0) is 0 Å². The van der Waals surface area contributed by atoms with E-state index in [4.69, 9.17) is 0 Å². The Morgan fingerprint density at radius 3 is 2.68 bits per heavy atom. The number of piperidine rings is 1. The summed E-state index contributed by atoms with van der Waals surface area (Å²) in [5.74, 6) is 0.858. The van der Waals surface area contributed by atoms with Gasteiger partial charge in [-0.2, -0.15) is 0 Å². The SMILES string of the molecule is Cc1csc(C(=O)N2CCC(c3cccs3)CC2)c1. The van der Waals surface area contributed by atoms with Gasteiger partial charge in [-0.05, 0) is 54.1 Å². The molecule has 0 aromatic carbocycles. The fourth-order valence-electron chi connectivity index (χ4n) is 2.59. The first-order valence-corrected chi connectivity index (χ1v) is 8.38. The first-order chi connectivity index (χ1) is 9.24. The second-order valence-corrected chi connectivity index (χ2v) is 6.96. The molecular weight excluding hydrogens is 274 g/mol. The lowest BCUT2D eigenvalue weighted by Gasteiger charge is -2.31.